The molecule has 4 heterocycles. The number of aliphatic hydroxyl groups excluding tert-OH is 1. The highest BCUT2D eigenvalue weighted by Gasteiger charge is 2.53. The molecule has 2 aromatic carbocycles. The Bertz CT molecular complexity index is 1960. The van der Waals surface area contributed by atoms with Crippen molar-refractivity contribution in [1.29, 1.82) is 0 Å². The van der Waals surface area contributed by atoms with Crippen molar-refractivity contribution in [3.05, 3.63) is 114 Å². The van der Waals surface area contributed by atoms with Gasteiger partial charge < -0.3 is 24.5 Å². The fourth-order valence-corrected chi connectivity index (χ4v) is 8.73. The third-order valence-corrected chi connectivity index (χ3v) is 11.5. The van der Waals surface area contributed by atoms with E-state index in [4.69, 9.17) is 9.15 Å². The van der Waals surface area contributed by atoms with Crippen LogP contribution in [0.25, 0.3) is 11.3 Å². The van der Waals surface area contributed by atoms with Crippen LogP contribution >= 0.6 is 0 Å². The fourth-order valence-electron chi connectivity index (χ4n) is 8.73. The van der Waals surface area contributed by atoms with Crippen molar-refractivity contribution in [2.75, 3.05) is 32.7 Å². The van der Waals surface area contributed by atoms with E-state index < -0.39 is 42.4 Å². The lowest BCUT2D eigenvalue weighted by Gasteiger charge is -2.43. The molecule has 0 spiro atoms. The number of nitrogens with zero attached hydrogens (tertiary/aromatic N) is 4. The van der Waals surface area contributed by atoms with Gasteiger partial charge in [-0.2, -0.15) is 13.2 Å². The number of carbonyl (C=O) groups is 2. The van der Waals surface area contributed by atoms with Crippen molar-refractivity contribution >= 4 is 11.8 Å². The van der Waals surface area contributed by atoms with Crippen LogP contribution in [0.3, 0.4) is 0 Å². The second-order valence-corrected chi connectivity index (χ2v) is 15.7. The maximum Gasteiger partial charge on any atom is 0.405 e. The van der Waals surface area contributed by atoms with Gasteiger partial charge in [0.1, 0.15) is 29.8 Å². The molecule has 13 heteroatoms. The van der Waals surface area contributed by atoms with Gasteiger partial charge in [0, 0.05) is 50.1 Å². The number of ether oxygens (including phenoxy) is 1. The number of halogens is 3. The molecule has 0 radical (unpaired) electrons. The number of aryl methyl sites for hydroxylation is 1. The van der Waals surface area contributed by atoms with Crippen LogP contribution in [0.1, 0.15) is 68.1 Å². The first kappa shape index (κ1) is 39.7. The highest BCUT2D eigenvalue weighted by Crippen LogP contribution is 2.48. The Morgan fingerprint density at radius 2 is 1.73 bits per heavy atom. The lowest BCUT2D eigenvalue weighted by atomic mass is 9.84. The van der Waals surface area contributed by atoms with Crippen LogP contribution in [0.15, 0.2) is 95.7 Å². The summed E-state index contributed by atoms with van der Waals surface area (Å²) in [5, 5.41) is 13.9. The molecule has 2 aliphatic heterocycles. The van der Waals surface area contributed by atoms with Crippen molar-refractivity contribution in [2.24, 2.45) is 5.92 Å². The number of hydrogen-bond donors (Lipinski definition) is 2. The van der Waals surface area contributed by atoms with E-state index in [1.165, 1.54) is 5.56 Å². The molecule has 7 rings (SSSR count). The van der Waals surface area contributed by atoms with E-state index in [1.54, 1.807) is 17.3 Å². The number of aromatic nitrogens is 1. The molecule has 0 bridgehead atoms. The average molecular weight is 774 g/mol. The monoisotopic (exact) mass is 773 g/mol. The summed E-state index contributed by atoms with van der Waals surface area (Å²) in [7, 11) is 0. The topological polar surface area (TPSA) is 111 Å². The van der Waals surface area contributed by atoms with E-state index in [0.29, 0.717) is 31.0 Å². The standard InChI is InChI=1S/C43H50F3N5O5/c1-28(36-15-16-37(55-36)31-17-19-47-20-18-31)49-21-22-50(35(26-49)40(53)48-27-43(44,45)46)25-33(52)24-32(23-29-9-5-4-6-10-29)41(54)51-39-34-12-8-7-11-30(34)13-14-38(39)56-42(51,2)3/h4-12,15-20,28,32-33,35,38-39,52H,13-14,21-27H2,1-3H3,(H,48,53)/t28?,32-,33+,35+,38-,39+/m1/s1. The number of carbonyl (C=O) groups excluding carboxylic acids is 2. The first-order valence-electron chi connectivity index (χ1n) is 19.4. The Hall–Kier alpha value is -4.56. The summed E-state index contributed by atoms with van der Waals surface area (Å²) in [5.41, 5.74) is 3.16. The van der Waals surface area contributed by atoms with E-state index in [1.807, 2.05) is 97.3 Å². The number of pyridine rings is 1. The van der Waals surface area contributed by atoms with E-state index in [0.717, 1.165) is 29.5 Å². The van der Waals surface area contributed by atoms with E-state index in [9.17, 15) is 27.9 Å². The zero-order valence-electron chi connectivity index (χ0n) is 32.0. The summed E-state index contributed by atoms with van der Waals surface area (Å²) in [6.45, 7) is 5.16. The number of alkyl halides is 3. The van der Waals surface area contributed by atoms with Gasteiger partial charge in [0.05, 0.1) is 24.3 Å². The van der Waals surface area contributed by atoms with Gasteiger partial charge >= 0.3 is 6.18 Å². The number of piperazine rings is 1. The molecular weight excluding hydrogens is 723 g/mol. The number of benzene rings is 2. The first-order valence-corrected chi connectivity index (χ1v) is 19.4. The van der Waals surface area contributed by atoms with Gasteiger partial charge in [0.15, 0.2) is 0 Å². The molecule has 2 fully saturated rings. The lowest BCUT2D eigenvalue weighted by molar-refractivity contribution is -0.153. The second kappa shape index (κ2) is 16.5. The molecule has 2 amide bonds. The molecule has 0 saturated carbocycles. The minimum Gasteiger partial charge on any atom is -0.459 e. The van der Waals surface area contributed by atoms with E-state index >= 15 is 0 Å². The molecule has 2 N–H and O–H groups in total. The van der Waals surface area contributed by atoms with Crippen LogP contribution in [-0.2, 0) is 27.2 Å². The molecule has 4 aromatic rings. The summed E-state index contributed by atoms with van der Waals surface area (Å²) in [4.78, 5) is 38.1. The lowest BCUT2D eigenvalue weighted by Crippen LogP contribution is -2.61. The molecule has 1 unspecified atom stereocenters. The summed E-state index contributed by atoms with van der Waals surface area (Å²) in [6.07, 6.45) is -0.377. The van der Waals surface area contributed by atoms with Crippen molar-refractivity contribution in [1.82, 2.24) is 25.0 Å². The van der Waals surface area contributed by atoms with Gasteiger partial charge in [-0.15, -0.1) is 0 Å². The Kier molecular flexibility index (Phi) is 11.7. The Morgan fingerprint density at radius 1 is 1.00 bits per heavy atom. The average Bonchev–Trinajstić information content (AvgIpc) is 3.79. The summed E-state index contributed by atoms with van der Waals surface area (Å²) < 4.78 is 52.6. The molecule has 1 aliphatic carbocycles. The predicted molar refractivity (Wildman–Crippen MR) is 204 cm³/mol. The second-order valence-electron chi connectivity index (χ2n) is 15.7. The largest absolute Gasteiger partial charge is 0.459 e. The smallest absolute Gasteiger partial charge is 0.405 e. The van der Waals surface area contributed by atoms with Gasteiger partial charge in [0.25, 0.3) is 0 Å². The van der Waals surface area contributed by atoms with Crippen LogP contribution in [0, 0.1) is 5.92 Å². The van der Waals surface area contributed by atoms with Crippen molar-refractivity contribution in [3.8, 4) is 11.3 Å². The van der Waals surface area contributed by atoms with Gasteiger partial charge in [-0.3, -0.25) is 24.4 Å². The van der Waals surface area contributed by atoms with Gasteiger partial charge in [0.2, 0.25) is 11.8 Å². The van der Waals surface area contributed by atoms with Crippen LogP contribution < -0.4 is 5.32 Å². The predicted octanol–water partition coefficient (Wildman–Crippen LogP) is 6.33. The first-order chi connectivity index (χ1) is 26.8. The maximum absolute atomic E-state index is 14.9. The van der Waals surface area contributed by atoms with E-state index in [-0.39, 0.29) is 43.6 Å². The molecule has 298 valence electrons. The maximum atomic E-state index is 14.9. The highest BCUT2D eigenvalue weighted by atomic mass is 19.4. The number of hydrogen-bond acceptors (Lipinski definition) is 8. The summed E-state index contributed by atoms with van der Waals surface area (Å²) in [5.74, 6) is -0.251. The third kappa shape index (κ3) is 8.86. The molecule has 2 aromatic heterocycles. The number of amides is 2. The molecule has 56 heavy (non-hydrogen) atoms. The normalized spacial score (nSPS) is 22.8. The molecule has 3 aliphatic rings. The van der Waals surface area contributed by atoms with Crippen LogP contribution in [0.4, 0.5) is 13.2 Å². The zero-order valence-corrected chi connectivity index (χ0v) is 32.0. The van der Waals surface area contributed by atoms with Crippen LogP contribution in [0.5, 0.6) is 0 Å². The van der Waals surface area contributed by atoms with Crippen LogP contribution in [0.2, 0.25) is 0 Å². The number of rotatable bonds is 12. The molecule has 2 saturated heterocycles. The van der Waals surface area contributed by atoms with Gasteiger partial charge in [-0.25, -0.2) is 0 Å². The van der Waals surface area contributed by atoms with Gasteiger partial charge in [-0.1, -0.05) is 54.6 Å². The van der Waals surface area contributed by atoms with Gasteiger partial charge in [-0.05, 0) is 87.4 Å². The quantitative estimate of drug-likeness (QED) is 0.172. The number of β-amino-alcohol motifs (C(OH)–C–C–N with tert-alkyl or cyclic N) is 1. The number of aliphatic hydroxyl groups is 1. The van der Waals surface area contributed by atoms with Crippen molar-refractivity contribution < 1.29 is 37.0 Å². The molecular formula is C43H50F3N5O5. The third-order valence-electron chi connectivity index (χ3n) is 11.5. The number of furan rings is 1. The minimum atomic E-state index is -4.59. The zero-order chi connectivity index (χ0) is 39.6. The minimum absolute atomic E-state index is 0.00732. The highest BCUT2D eigenvalue weighted by molar-refractivity contribution is 5.82. The Morgan fingerprint density at radius 3 is 2.48 bits per heavy atom. The fraction of sp³-hybridized carbons (Fsp3) is 0.465. The SMILES string of the molecule is CC(c1ccc(-c2ccncc2)o1)N1CCN(C[C@@H](O)C[C@@H](Cc2ccccc2)C(=O)N2[C@H]3c4ccccc4CC[C@H]3OC2(C)C)[C@H](C(=O)NCC(F)(F)F)C1. The van der Waals surface area contributed by atoms with Crippen LogP contribution in [-0.4, -0.2) is 99.5 Å². The Balaban J connectivity index is 1.10. The summed E-state index contributed by atoms with van der Waals surface area (Å²) in [6, 6.07) is 23.6. The number of nitrogens with one attached hydrogen (secondary N) is 1. The molecule has 10 nitrogen and oxygen atoms in total. The van der Waals surface area contributed by atoms with Crippen molar-refractivity contribution in [3.63, 3.8) is 0 Å². The molecule has 6 atom stereocenters. The Labute approximate surface area is 325 Å². The number of fused-ring (bicyclic) bond motifs is 3. The summed E-state index contributed by atoms with van der Waals surface area (Å²) >= 11 is 0. The van der Waals surface area contributed by atoms with E-state index in [2.05, 4.69) is 22.4 Å². The van der Waals surface area contributed by atoms with Crippen molar-refractivity contribution in [2.45, 2.75) is 88.7 Å².